The van der Waals surface area contributed by atoms with Gasteiger partial charge in [0.05, 0.1) is 0 Å². The molecule has 0 aromatic carbocycles. The highest BCUT2D eigenvalue weighted by Crippen LogP contribution is 2.33. The molecule has 1 N–H and O–H groups in total. The van der Waals surface area contributed by atoms with Gasteiger partial charge in [-0.3, -0.25) is 0 Å². The van der Waals surface area contributed by atoms with Gasteiger partial charge in [-0.05, 0) is 44.2 Å². The molecule has 2 heteroatoms. The van der Waals surface area contributed by atoms with E-state index < -0.39 is 0 Å². The highest BCUT2D eigenvalue weighted by molar-refractivity contribution is 4.77. The molecular formula is C15H31NO. The Hall–Kier alpha value is -0.0800. The van der Waals surface area contributed by atoms with Crippen LogP contribution in [0.15, 0.2) is 0 Å². The monoisotopic (exact) mass is 241 g/mol. The van der Waals surface area contributed by atoms with Crippen molar-refractivity contribution < 1.29 is 4.74 Å². The lowest BCUT2D eigenvalue weighted by Crippen LogP contribution is -2.31. The Kier molecular flexibility index (Phi) is 8.72. The van der Waals surface area contributed by atoms with Gasteiger partial charge < -0.3 is 10.1 Å². The quantitative estimate of drug-likeness (QED) is 0.623. The van der Waals surface area contributed by atoms with Crippen molar-refractivity contribution in [3.05, 3.63) is 0 Å². The van der Waals surface area contributed by atoms with E-state index in [9.17, 15) is 0 Å². The molecular weight excluding hydrogens is 210 g/mol. The van der Waals surface area contributed by atoms with E-state index in [0.29, 0.717) is 0 Å². The van der Waals surface area contributed by atoms with E-state index in [1.165, 1.54) is 64.5 Å². The molecule has 0 radical (unpaired) electrons. The predicted molar refractivity (Wildman–Crippen MR) is 74.3 cm³/mol. The van der Waals surface area contributed by atoms with Crippen LogP contribution in [0.4, 0.5) is 0 Å². The number of methoxy groups -OCH3 is 1. The molecule has 0 amide bonds. The van der Waals surface area contributed by atoms with Gasteiger partial charge in [-0.25, -0.2) is 0 Å². The number of rotatable bonds is 9. The van der Waals surface area contributed by atoms with Crippen molar-refractivity contribution in [3.63, 3.8) is 0 Å². The van der Waals surface area contributed by atoms with Crippen LogP contribution in [-0.2, 0) is 4.74 Å². The van der Waals surface area contributed by atoms with E-state index in [4.69, 9.17) is 4.74 Å². The van der Waals surface area contributed by atoms with Gasteiger partial charge in [-0.2, -0.15) is 0 Å². The summed E-state index contributed by atoms with van der Waals surface area (Å²) in [6.45, 7) is 5.62. The Morgan fingerprint density at radius 1 is 1.12 bits per heavy atom. The standard InChI is InChI=1S/C15H31NO/c1-3-11-16-13-15-10-5-4-8-14(15)9-6-7-12-17-2/h14-16H,3-13H2,1-2H3. The summed E-state index contributed by atoms with van der Waals surface area (Å²) in [6.07, 6.45) is 11.1. The number of hydrogen-bond donors (Lipinski definition) is 1. The first-order chi connectivity index (χ1) is 8.38. The fourth-order valence-corrected chi connectivity index (χ4v) is 3.05. The Morgan fingerprint density at radius 3 is 2.59 bits per heavy atom. The number of hydrogen-bond acceptors (Lipinski definition) is 2. The van der Waals surface area contributed by atoms with E-state index in [0.717, 1.165) is 18.4 Å². The van der Waals surface area contributed by atoms with Crippen LogP contribution in [0.25, 0.3) is 0 Å². The zero-order valence-corrected chi connectivity index (χ0v) is 11.8. The summed E-state index contributed by atoms with van der Waals surface area (Å²) in [4.78, 5) is 0. The SMILES string of the molecule is CCCNCC1CCCCC1CCCCOC. The zero-order valence-electron chi connectivity index (χ0n) is 11.8. The minimum Gasteiger partial charge on any atom is -0.385 e. The van der Waals surface area contributed by atoms with Gasteiger partial charge in [-0.15, -0.1) is 0 Å². The molecule has 0 aromatic rings. The molecule has 2 nitrogen and oxygen atoms in total. The summed E-state index contributed by atoms with van der Waals surface area (Å²) in [5.41, 5.74) is 0. The second-order valence-electron chi connectivity index (χ2n) is 5.50. The summed E-state index contributed by atoms with van der Waals surface area (Å²) >= 11 is 0. The first kappa shape index (κ1) is 15.0. The Labute approximate surface area is 108 Å². The van der Waals surface area contributed by atoms with Crippen LogP contribution in [0.2, 0.25) is 0 Å². The maximum atomic E-state index is 5.13. The minimum atomic E-state index is 0.936. The summed E-state index contributed by atoms with van der Waals surface area (Å²) in [5.74, 6) is 1.92. The molecule has 1 rings (SSSR count). The molecule has 0 bridgehead atoms. The van der Waals surface area contributed by atoms with Gasteiger partial charge in [0.2, 0.25) is 0 Å². The Morgan fingerprint density at radius 2 is 1.88 bits per heavy atom. The van der Waals surface area contributed by atoms with Crippen molar-refractivity contribution in [1.82, 2.24) is 5.32 Å². The molecule has 1 fully saturated rings. The van der Waals surface area contributed by atoms with Crippen molar-refractivity contribution in [2.24, 2.45) is 11.8 Å². The molecule has 1 aliphatic carbocycles. The van der Waals surface area contributed by atoms with E-state index >= 15 is 0 Å². The lowest BCUT2D eigenvalue weighted by molar-refractivity contribution is 0.177. The predicted octanol–water partition coefficient (Wildman–Crippen LogP) is 3.61. The summed E-state index contributed by atoms with van der Waals surface area (Å²) in [5, 5.41) is 3.61. The van der Waals surface area contributed by atoms with Crippen molar-refractivity contribution in [3.8, 4) is 0 Å². The van der Waals surface area contributed by atoms with Crippen molar-refractivity contribution >= 4 is 0 Å². The molecule has 17 heavy (non-hydrogen) atoms. The zero-order chi connectivity index (χ0) is 12.3. The molecule has 2 unspecified atom stereocenters. The fraction of sp³-hybridized carbons (Fsp3) is 1.00. The lowest BCUT2D eigenvalue weighted by atomic mass is 9.76. The molecule has 0 aliphatic heterocycles. The van der Waals surface area contributed by atoms with E-state index in [1.807, 2.05) is 0 Å². The molecule has 1 saturated carbocycles. The van der Waals surface area contributed by atoms with E-state index in [1.54, 1.807) is 7.11 Å². The second-order valence-corrected chi connectivity index (χ2v) is 5.50. The highest BCUT2D eigenvalue weighted by Gasteiger charge is 2.23. The van der Waals surface area contributed by atoms with Crippen molar-refractivity contribution in [1.29, 1.82) is 0 Å². The normalized spacial score (nSPS) is 25.1. The van der Waals surface area contributed by atoms with Gasteiger partial charge in [0.15, 0.2) is 0 Å². The molecule has 1 aliphatic rings. The highest BCUT2D eigenvalue weighted by atomic mass is 16.5. The lowest BCUT2D eigenvalue weighted by Gasteiger charge is -2.32. The third-order valence-corrected chi connectivity index (χ3v) is 4.07. The van der Waals surface area contributed by atoms with Crippen molar-refractivity contribution in [2.45, 2.75) is 58.3 Å². The molecule has 0 spiro atoms. The van der Waals surface area contributed by atoms with Crippen LogP contribution in [0.1, 0.15) is 58.3 Å². The largest absolute Gasteiger partial charge is 0.385 e. The van der Waals surface area contributed by atoms with E-state index in [-0.39, 0.29) is 0 Å². The number of ether oxygens (including phenoxy) is 1. The maximum Gasteiger partial charge on any atom is 0.0462 e. The third-order valence-electron chi connectivity index (χ3n) is 4.07. The molecule has 0 saturated heterocycles. The van der Waals surface area contributed by atoms with Gasteiger partial charge in [0, 0.05) is 13.7 Å². The van der Waals surface area contributed by atoms with Gasteiger partial charge in [0.1, 0.15) is 0 Å². The molecule has 102 valence electrons. The number of nitrogens with one attached hydrogen (secondary N) is 1. The van der Waals surface area contributed by atoms with Crippen LogP contribution in [0.5, 0.6) is 0 Å². The maximum absolute atomic E-state index is 5.13. The molecule has 0 aromatic heterocycles. The average Bonchev–Trinajstić information content (AvgIpc) is 2.36. The Bertz CT molecular complexity index is 172. The first-order valence-electron chi connectivity index (χ1n) is 7.58. The molecule has 2 atom stereocenters. The Balaban J connectivity index is 2.17. The minimum absolute atomic E-state index is 0.936. The summed E-state index contributed by atoms with van der Waals surface area (Å²) < 4.78 is 5.13. The van der Waals surface area contributed by atoms with Crippen LogP contribution in [0.3, 0.4) is 0 Å². The fourth-order valence-electron chi connectivity index (χ4n) is 3.05. The van der Waals surface area contributed by atoms with Gasteiger partial charge >= 0.3 is 0 Å². The van der Waals surface area contributed by atoms with Crippen molar-refractivity contribution in [2.75, 3.05) is 26.8 Å². The van der Waals surface area contributed by atoms with E-state index in [2.05, 4.69) is 12.2 Å². The van der Waals surface area contributed by atoms with Crippen LogP contribution < -0.4 is 5.32 Å². The first-order valence-corrected chi connectivity index (χ1v) is 7.58. The number of unbranched alkanes of at least 4 members (excludes halogenated alkanes) is 1. The third kappa shape index (κ3) is 6.42. The average molecular weight is 241 g/mol. The van der Waals surface area contributed by atoms with Crippen LogP contribution in [0, 0.1) is 11.8 Å². The van der Waals surface area contributed by atoms with Crippen LogP contribution >= 0.6 is 0 Å². The topological polar surface area (TPSA) is 21.3 Å². The molecule has 0 heterocycles. The smallest absolute Gasteiger partial charge is 0.0462 e. The summed E-state index contributed by atoms with van der Waals surface area (Å²) in [7, 11) is 1.80. The summed E-state index contributed by atoms with van der Waals surface area (Å²) in [6, 6.07) is 0. The van der Waals surface area contributed by atoms with Gasteiger partial charge in [-0.1, -0.05) is 39.0 Å². The van der Waals surface area contributed by atoms with Gasteiger partial charge in [0.25, 0.3) is 0 Å². The van der Waals surface area contributed by atoms with Crippen LogP contribution in [-0.4, -0.2) is 26.8 Å². The second kappa shape index (κ2) is 9.90.